The Morgan fingerprint density at radius 2 is 2.24 bits per heavy atom. The van der Waals surface area contributed by atoms with Gasteiger partial charge in [-0.05, 0) is 12.1 Å². The van der Waals surface area contributed by atoms with Gasteiger partial charge in [0.25, 0.3) is 10.1 Å². The summed E-state index contributed by atoms with van der Waals surface area (Å²) in [5, 5.41) is 3.69. The molecule has 0 N–H and O–H groups in total. The lowest BCUT2D eigenvalue weighted by Crippen LogP contribution is -2.02. The van der Waals surface area contributed by atoms with E-state index in [1.165, 1.54) is 0 Å². The summed E-state index contributed by atoms with van der Waals surface area (Å²) in [5.74, 6) is 0.470. The van der Waals surface area contributed by atoms with Crippen molar-refractivity contribution in [3.8, 4) is 11.5 Å². The maximum atomic E-state index is 10.8. The summed E-state index contributed by atoms with van der Waals surface area (Å²) in [6, 6.07) is 6.96. The highest BCUT2D eigenvalue weighted by molar-refractivity contribution is 7.85. The van der Waals surface area contributed by atoms with Crippen molar-refractivity contribution in [2.45, 2.75) is 6.61 Å². The molecular formula is C10H10N2O4S. The van der Waals surface area contributed by atoms with E-state index >= 15 is 0 Å². The highest BCUT2D eigenvalue weighted by atomic mass is 32.2. The summed E-state index contributed by atoms with van der Waals surface area (Å²) in [6.45, 7) is -0.144. The maximum absolute atomic E-state index is 10.8. The monoisotopic (exact) mass is 254 g/mol. The molecule has 2 aromatic rings. The Morgan fingerprint density at radius 1 is 1.41 bits per heavy atom. The summed E-state index contributed by atoms with van der Waals surface area (Å²) in [4.78, 5) is 4.08. The number of hydrogen-bond donors (Lipinski definition) is 0. The number of nitrogens with zero attached hydrogens (tertiary/aromatic N) is 2. The fraction of sp³-hybridized carbons (Fsp3) is 0.200. The lowest BCUT2D eigenvalue weighted by atomic mass is 10.3. The quantitative estimate of drug-likeness (QED) is 0.763. The van der Waals surface area contributed by atoms with Crippen LogP contribution in [0.5, 0.6) is 0 Å². The van der Waals surface area contributed by atoms with Crippen LogP contribution in [0.15, 0.2) is 35.0 Å². The van der Waals surface area contributed by atoms with E-state index in [-0.39, 0.29) is 6.61 Å². The van der Waals surface area contributed by atoms with E-state index in [4.69, 9.17) is 4.52 Å². The summed E-state index contributed by atoms with van der Waals surface area (Å²) < 4.78 is 31.2. The van der Waals surface area contributed by atoms with Crippen molar-refractivity contribution < 1.29 is 17.1 Å². The van der Waals surface area contributed by atoms with Crippen LogP contribution in [-0.2, 0) is 20.9 Å². The van der Waals surface area contributed by atoms with Crippen LogP contribution < -0.4 is 0 Å². The second-order valence-corrected chi connectivity index (χ2v) is 5.01. The van der Waals surface area contributed by atoms with Gasteiger partial charge in [-0.2, -0.15) is 8.42 Å². The summed E-state index contributed by atoms with van der Waals surface area (Å²) in [7, 11) is -3.47. The Morgan fingerprint density at radius 3 is 2.88 bits per heavy atom. The van der Waals surface area contributed by atoms with E-state index in [9.17, 15) is 8.42 Å². The lowest BCUT2D eigenvalue weighted by molar-refractivity contribution is 0.296. The molecule has 7 heteroatoms. The minimum atomic E-state index is -3.47. The fourth-order valence-electron chi connectivity index (χ4n) is 1.18. The van der Waals surface area contributed by atoms with Gasteiger partial charge in [0.05, 0.1) is 6.26 Å². The van der Waals surface area contributed by atoms with Gasteiger partial charge >= 0.3 is 0 Å². The zero-order valence-electron chi connectivity index (χ0n) is 9.03. The van der Waals surface area contributed by atoms with Gasteiger partial charge in [-0.3, -0.25) is 9.17 Å². The maximum Gasteiger partial charge on any atom is 0.264 e. The molecule has 0 aliphatic carbocycles. The highest BCUT2D eigenvalue weighted by Crippen LogP contribution is 2.17. The number of aromatic nitrogens is 2. The van der Waals surface area contributed by atoms with Gasteiger partial charge in [0.2, 0.25) is 0 Å². The van der Waals surface area contributed by atoms with E-state index in [2.05, 4.69) is 14.3 Å². The Hall–Kier alpha value is -1.73. The molecule has 0 radical (unpaired) electrons. The zero-order chi connectivity index (χ0) is 12.3. The summed E-state index contributed by atoms with van der Waals surface area (Å²) >= 11 is 0. The third-order valence-electron chi connectivity index (χ3n) is 1.90. The minimum Gasteiger partial charge on any atom is -0.354 e. The molecule has 0 bridgehead atoms. The van der Waals surface area contributed by atoms with Gasteiger partial charge in [-0.1, -0.05) is 11.2 Å². The Balaban J connectivity index is 2.12. The first kappa shape index (κ1) is 11.7. The van der Waals surface area contributed by atoms with Gasteiger partial charge in [-0.15, -0.1) is 0 Å². The van der Waals surface area contributed by atoms with E-state index in [0.29, 0.717) is 17.1 Å². The molecule has 0 fully saturated rings. The number of rotatable bonds is 4. The summed E-state index contributed by atoms with van der Waals surface area (Å²) in [5.41, 5.74) is 1.03. The zero-order valence-corrected chi connectivity index (χ0v) is 9.85. The standard InChI is InChI=1S/C10H10N2O4S/c1-17(13,14)15-7-8-6-10(16-12-8)9-4-2-3-5-11-9/h2-6H,7H2,1H3. The average molecular weight is 254 g/mol. The molecule has 90 valence electrons. The molecule has 0 aliphatic rings. The Bertz CT molecular complexity index is 592. The Kier molecular flexibility index (Phi) is 3.21. The molecule has 0 amide bonds. The first-order valence-electron chi connectivity index (χ1n) is 4.76. The molecule has 0 aromatic carbocycles. The minimum absolute atomic E-state index is 0.144. The molecule has 6 nitrogen and oxygen atoms in total. The molecule has 0 aliphatic heterocycles. The van der Waals surface area contributed by atoms with Crippen molar-refractivity contribution in [2.75, 3.05) is 6.26 Å². The molecular weight excluding hydrogens is 244 g/mol. The van der Waals surface area contributed by atoms with Crippen LogP contribution in [0.25, 0.3) is 11.5 Å². The van der Waals surface area contributed by atoms with Gasteiger partial charge in [0.15, 0.2) is 5.76 Å². The van der Waals surface area contributed by atoms with Gasteiger partial charge in [-0.25, -0.2) is 0 Å². The molecule has 2 aromatic heterocycles. The van der Waals surface area contributed by atoms with Crippen LogP contribution >= 0.6 is 0 Å². The molecule has 2 rings (SSSR count). The van der Waals surface area contributed by atoms with Crippen molar-refractivity contribution in [3.05, 3.63) is 36.2 Å². The molecule has 0 atom stereocenters. The second kappa shape index (κ2) is 4.64. The van der Waals surface area contributed by atoms with Crippen LogP contribution in [0.4, 0.5) is 0 Å². The van der Waals surface area contributed by atoms with Crippen LogP contribution in [-0.4, -0.2) is 24.8 Å². The predicted octanol–water partition coefficient (Wildman–Crippen LogP) is 1.21. The van der Waals surface area contributed by atoms with Crippen LogP contribution in [0, 0.1) is 0 Å². The third-order valence-corrected chi connectivity index (χ3v) is 2.44. The largest absolute Gasteiger partial charge is 0.354 e. The first-order valence-corrected chi connectivity index (χ1v) is 6.58. The molecule has 17 heavy (non-hydrogen) atoms. The van der Waals surface area contributed by atoms with E-state index < -0.39 is 10.1 Å². The summed E-state index contributed by atoms with van der Waals surface area (Å²) in [6.07, 6.45) is 2.61. The van der Waals surface area contributed by atoms with E-state index in [1.807, 2.05) is 6.07 Å². The number of hydrogen-bond acceptors (Lipinski definition) is 6. The topological polar surface area (TPSA) is 82.3 Å². The first-order chi connectivity index (χ1) is 8.04. The molecule has 0 unspecified atom stereocenters. The molecule has 0 saturated carbocycles. The van der Waals surface area contributed by atoms with E-state index in [0.717, 1.165) is 6.26 Å². The van der Waals surface area contributed by atoms with Crippen molar-refractivity contribution >= 4 is 10.1 Å². The normalized spacial score (nSPS) is 11.6. The lowest BCUT2D eigenvalue weighted by Gasteiger charge is -1.95. The van der Waals surface area contributed by atoms with Gasteiger partial charge < -0.3 is 4.52 Å². The average Bonchev–Trinajstić information content (AvgIpc) is 2.75. The molecule has 0 spiro atoms. The highest BCUT2D eigenvalue weighted by Gasteiger charge is 2.09. The number of pyridine rings is 1. The fourth-order valence-corrected chi connectivity index (χ4v) is 1.51. The van der Waals surface area contributed by atoms with Crippen molar-refractivity contribution in [1.29, 1.82) is 0 Å². The van der Waals surface area contributed by atoms with E-state index in [1.54, 1.807) is 24.4 Å². The van der Waals surface area contributed by atoms with Crippen LogP contribution in [0.1, 0.15) is 5.69 Å². The van der Waals surface area contributed by atoms with Crippen LogP contribution in [0.2, 0.25) is 0 Å². The van der Waals surface area contributed by atoms with Crippen molar-refractivity contribution in [2.24, 2.45) is 0 Å². The molecule has 0 saturated heterocycles. The third kappa shape index (κ3) is 3.36. The predicted molar refractivity (Wildman–Crippen MR) is 59.4 cm³/mol. The van der Waals surface area contributed by atoms with Gasteiger partial charge in [0.1, 0.15) is 18.0 Å². The SMILES string of the molecule is CS(=O)(=O)OCc1cc(-c2ccccn2)on1. The second-order valence-electron chi connectivity index (χ2n) is 3.36. The Labute approximate surface area is 98.4 Å². The van der Waals surface area contributed by atoms with Crippen molar-refractivity contribution in [1.82, 2.24) is 10.1 Å². The smallest absolute Gasteiger partial charge is 0.264 e. The molecule has 2 heterocycles. The van der Waals surface area contributed by atoms with Crippen LogP contribution in [0.3, 0.4) is 0 Å². The van der Waals surface area contributed by atoms with Crippen molar-refractivity contribution in [3.63, 3.8) is 0 Å². The van der Waals surface area contributed by atoms with Gasteiger partial charge in [0, 0.05) is 12.3 Å².